The van der Waals surface area contributed by atoms with Gasteiger partial charge in [0.25, 0.3) is 0 Å². The van der Waals surface area contributed by atoms with Gasteiger partial charge in [0.15, 0.2) is 0 Å². The topological polar surface area (TPSA) is 71.4 Å². The molecule has 0 aromatic carbocycles. The molecule has 0 spiro atoms. The zero-order chi connectivity index (χ0) is 10.6. The van der Waals surface area contributed by atoms with E-state index in [1.165, 1.54) is 20.8 Å². The summed E-state index contributed by atoms with van der Waals surface area (Å²) in [6.07, 6.45) is 0. The Balaban J connectivity index is 4.80. The maximum absolute atomic E-state index is 11.0. The highest BCUT2D eigenvalue weighted by atomic mass is 16.3. The molecule has 0 heterocycles. The first kappa shape index (κ1) is 12.0. The molecular formula is C9H13O4. The van der Waals surface area contributed by atoms with Gasteiger partial charge in [-0.15, -0.1) is 0 Å². The average Bonchev–Trinajstić information content (AvgIpc) is 1.97. The molecule has 0 saturated carbocycles. The monoisotopic (exact) mass is 185 g/mol. The summed E-state index contributed by atoms with van der Waals surface area (Å²) in [6.45, 7) is 3.17. The van der Waals surface area contributed by atoms with Gasteiger partial charge in [0, 0.05) is 0 Å². The number of ketones is 3. The predicted octanol–water partition coefficient (Wildman–Crippen LogP) is -0.0636. The zero-order valence-electron chi connectivity index (χ0n) is 7.96. The van der Waals surface area contributed by atoms with E-state index < -0.39 is 24.1 Å². The molecule has 1 unspecified atom stereocenters. The van der Waals surface area contributed by atoms with Gasteiger partial charge >= 0.3 is 0 Å². The Kier molecular flexibility index (Phi) is 4.48. The predicted molar refractivity (Wildman–Crippen MR) is 45.9 cm³/mol. The molecule has 1 atom stereocenters. The average molecular weight is 185 g/mol. The largest absolute Gasteiger partial charge is 0.396 e. The van der Waals surface area contributed by atoms with Crippen molar-refractivity contribution in [1.82, 2.24) is 0 Å². The summed E-state index contributed by atoms with van der Waals surface area (Å²) in [5.74, 6) is -2.36. The molecule has 0 aliphatic rings. The van der Waals surface area contributed by atoms with Gasteiger partial charge in [-0.05, 0) is 20.8 Å². The van der Waals surface area contributed by atoms with E-state index >= 15 is 0 Å². The fourth-order valence-corrected chi connectivity index (χ4v) is 1.16. The van der Waals surface area contributed by atoms with E-state index in [-0.39, 0.29) is 11.7 Å². The SMILES string of the molecule is CC(=O)[C](C(C)=O)C(CO)C(C)=O. The number of hydrogen-bond acceptors (Lipinski definition) is 4. The van der Waals surface area contributed by atoms with E-state index in [4.69, 9.17) is 5.11 Å². The molecule has 0 fully saturated rings. The van der Waals surface area contributed by atoms with Crippen LogP contribution in [0.4, 0.5) is 0 Å². The number of aliphatic hydroxyl groups excluding tert-OH is 1. The van der Waals surface area contributed by atoms with Crippen molar-refractivity contribution in [2.75, 3.05) is 6.61 Å². The Morgan fingerprint density at radius 2 is 1.46 bits per heavy atom. The summed E-state index contributed by atoms with van der Waals surface area (Å²) in [4.78, 5) is 32.9. The van der Waals surface area contributed by atoms with Gasteiger partial charge in [-0.2, -0.15) is 0 Å². The summed E-state index contributed by atoms with van der Waals surface area (Å²) >= 11 is 0. The van der Waals surface area contributed by atoms with Gasteiger partial charge in [0.2, 0.25) is 0 Å². The lowest BCUT2D eigenvalue weighted by atomic mass is 9.84. The number of rotatable bonds is 5. The molecule has 73 valence electrons. The maximum atomic E-state index is 11.0. The minimum absolute atomic E-state index is 0.116. The van der Waals surface area contributed by atoms with Crippen molar-refractivity contribution in [3.05, 3.63) is 5.92 Å². The second-order valence-corrected chi connectivity index (χ2v) is 2.87. The highest BCUT2D eigenvalue weighted by Gasteiger charge is 2.33. The van der Waals surface area contributed by atoms with E-state index in [1.54, 1.807) is 0 Å². The van der Waals surface area contributed by atoms with Crippen molar-refractivity contribution in [3.63, 3.8) is 0 Å². The first-order valence-electron chi connectivity index (χ1n) is 3.91. The van der Waals surface area contributed by atoms with Crippen LogP contribution in [0.2, 0.25) is 0 Å². The van der Waals surface area contributed by atoms with Crippen molar-refractivity contribution in [2.45, 2.75) is 20.8 Å². The van der Waals surface area contributed by atoms with Gasteiger partial charge in [-0.1, -0.05) is 0 Å². The van der Waals surface area contributed by atoms with Gasteiger partial charge in [0.1, 0.15) is 23.3 Å². The van der Waals surface area contributed by atoms with Crippen LogP contribution in [-0.4, -0.2) is 29.1 Å². The second kappa shape index (κ2) is 4.87. The van der Waals surface area contributed by atoms with Crippen LogP contribution in [0.25, 0.3) is 0 Å². The maximum Gasteiger partial charge on any atom is 0.145 e. The number of hydrogen-bond donors (Lipinski definition) is 1. The third-order valence-corrected chi connectivity index (χ3v) is 1.78. The molecule has 13 heavy (non-hydrogen) atoms. The van der Waals surface area contributed by atoms with Crippen molar-refractivity contribution >= 4 is 17.3 Å². The van der Waals surface area contributed by atoms with Crippen LogP contribution in [0.15, 0.2) is 0 Å². The van der Waals surface area contributed by atoms with E-state index in [0.29, 0.717) is 0 Å². The Bertz CT molecular complexity index is 218. The van der Waals surface area contributed by atoms with Crippen LogP contribution in [-0.2, 0) is 14.4 Å². The molecule has 0 bridgehead atoms. The summed E-state index contributed by atoms with van der Waals surface area (Å²) in [5, 5.41) is 8.82. The van der Waals surface area contributed by atoms with E-state index in [9.17, 15) is 14.4 Å². The van der Waals surface area contributed by atoms with Crippen molar-refractivity contribution in [3.8, 4) is 0 Å². The van der Waals surface area contributed by atoms with Gasteiger partial charge < -0.3 is 5.11 Å². The number of carbonyl (C=O) groups is 3. The van der Waals surface area contributed by atoms with E-state index in [2.05, 4.69) is 0 Å². The standard InChI is InChI=1S/C9H13O4/c1-5(11)8(4-10)9(6(2)12)7(3)13/h8,10H,4H2,1-3H3. The summed E-state index contributed by atoms with van der Waals surface area (Å²) in [6, 6.07) is 0. The Labute approximate surface area is 76.9 Å². The van der Waals surface area contributed by atoms with Crippen LogP contribution >= 0.6 is 0 Å². The van der Waals surface area contributed by atoms with Crippen molar-refractivity contribution < 1.29 is 19.5 Å². The molecule has 4 nitrogen and oxygen atoms in total. The second-order valence-electron chi connectivity index (χ2n) is 2.87. The minimum Gasteiger partial charge on any atom is -0.396 e. The van der Waals surface area contributed by atoms with Crippen molar-refractivity contribution in [2.24, 2.45) is 5.92 Å². The third kappa shape index (κ3) is 3.06. The van der Waals surface area contributed by atoms with Gasteiger partial charge in [-0.3, -0.25) is 14.4 Å². The highest BCUT2D eigenvalue weighted by Crippen LogP contribution is 2.17. The number of Topliss-reactive ketones (excluding diaryl/α,β-unsaturated/α-hetero) is 3. The highest BCUT2D eigenvalue weighted by molar-refractivity contribution is 6.17. The fourth-order valence-electron chi connectivity index (χ4n) is 1.16. The van der Waals surface area contributed by atoms with Crippen molar-refractivity contribution in [1.29, 1.82) is 0 Å². The summed E-state index contributed by atoms with van der Waals surface area (Å²) in [7, 11) is 0. The Morgan fingerprint density at radius 3 is 1.54 bits per heavy atom. The van der Waals surface area contributed by atoms with Crippen LogP contribution in [0.5, 0.6) is 0 Å². The molecule has 0 aromatic heterocycles. The van der Waals surface area contributed by atoms with Crippen LogP contribution in [0.1, 0.15) is 20.8 Å². The lowest BCUT2D eigenvalue weighted by molar-refractivity contribution is -0.130. The molecule has 0 amide bonds. The fraction of sp³-hybridized carbons (Fsp3) is 0.556. The Hall–Kier alpha value is -1.03. The molecule has 1 radical (unpaired) electrons. The van der Waals surface area contributed by atoms with Crippen LogP contribution < -0.4 is 0 Å². The van der Waals surface area contributed by atoms with Gasteiger partial charge in [0.05, 0.1) is 12.5 Å². The smallest absolute Gasteiger partial charge is 0.145 e. The summed E-state index contributed by atoms with van der Waals surface area (Å²) in [5.41, 5.74) is 0. The van der Waals surface area contributed by atoms with E-state index in [0.717, 1.165) is 0 Å². The third-order valence-electron chi connectivity index (χ3n) is 1.78. The molecule has 0 aliphatic carbocycles. The molecule has 1 N–H and O–H groups in total. The minimum atomic E-state index is -0.963. The molecule has 0 aromatic rings. The molecule has 0 saturated heterocycles. The first-order valence-corrected chi connectivity index (χ1v) is 3.91. The lowest BCUT2D eigenvalue weighted by Gasteiger charge is -2.16. The summed E-state index contributed by atoms with van der Waals surface area (Å²) < 4.78 is 0. The number of carbonyl (C=O) groups excluding carboxylic acids is 3. The molecule has 4 heteroatoms. The zero-order valence-corrected chi connectivity index (χ0v) is 7.96. The first-order chi connectivity index (χ1) is 5.91. The van der Waals surface area contributed by atoms with E-state index in [1.807, 2.05) is 0 Å². The lowest BCUT2D eigenvalue weighted by Crippen LogP contribution is -2.33. The van der Waals surface area contributed by atoms with Crippen LogP contribution in [0.3, 0.4) is 0 Å². The molecule has 0 aliphatic heterocycles. The quantitative estimate of drug-likeness (QED) is 0.609. The normalized spacial score (nSPS) is 12.7. The van der Waals surface area contributed by atoms with Crippen LogP contribution in [0, 0.1) is 11.8 Å². The number of aliphatic hydroxyl groups is 1. The molecule has 0 rings (SSSR count). The Morgan fingerprint density at radius 1 is 1.08 bits per heavy atom. The van der Waals surface area contributed by atoms with Gasteiger partial charge in [-0.25, -0.2) is 0 Å². The molecular weight excluding hydrogens is 172 g/mol.